The van der Waals surface area contributed by atoms with Gasteiger partial charge in [-0.25, -0.2) is 0 Å². The third-order valence-corrected chi connectivity index (χ3v) is 3.52. The Bertz CT molecular complexity index is 144. The van der Waals surface area contributed by atoms with Crippen LogP contribution in [0.1, 0.15) is 12.8 Å². The van der Waals surface area contributed by atoms with Crippen molar-refractivity contribution in [3.05, 3.63) is 0 Å². The fourth-order valence-corrected chi connectivity index (χ4v) is 2.97. The van der Waals surface area contributed by atoms with Gasteiger partial charge < -0.3 is 5.32 Å². The van der Waals surface area contributed by atoms with E-state index in [1.165, 1.54) is 24.9 Å². The Morgan fingerprint density at radius 1 is 0.889 bits per heavy atom. The average molecular weight is 123 g/mol. The zero-order valence-corrected chi connectivity index (χ0v) is 5.64. The predicted octanol–water partition coefficient (Wildman–Crippen LogP) is 0.862. The van der Waals surface area contributed by atoms with Crippen LogP contribution in [-0.2, 0) is 0 Å². The van der Waals surface area contributed by atoms with E-state index in [9.17, 15) is 0 Å². The van der Waals surface area contributed by atoms with Crippen molar-refractivity contribution in [1.82, 2.24) is 5.32 Å². The highest BCUT2D eigenvalue weighted by Crippen LogP contribution is 2.58. The highest BCUT2D eigenvalue weighted by atomic mass is 14.9. The van der Waals surface area contributed by atoms with Gasteiger partial charge in [-0.3, -0.25) is 0 Å². The lowest BCUT2D eigenvalue weighted by Crippen LogP contribution is -2.09. The molecule has 4 unspecified atom stereocenters. The lowest BCUT2D eigenvalue weighted by Gasteiger charge is -2.08. The highest BCUT2D eigenvalue weighted by Gasteiger charge is 2.54. The number of rotatable bonds is 0. The van der Waals surface area contributed by atoms with Crippen LogP contribution in [-0.4, -0.2) is 13.1 Å². The van der Waals surface area contributed by atoms with E-state index in [1.54, 1.807) is 12.8 Å². The third-order valence-electron chi connectivity index (χ3n) is 3.52. The molecule has 2 aliphatic carbocycles. The van der Waals surface area contributed by atoms with Gasteiger partial charge in [0, 0.05) is 0 Å². The van der Waals surface area contributed by atoms with E-state index in [4.69, 9.17) is 0 Å². The van der Waals surface area contributed by atoms with Gasteiger partial charge in [-0.2, -0.15) is 0 Å². The zero-order chi connectivity index (χ0) is 5.84. The second-order valence-electron chi connectivity index (χ2n) is 3.98. The molecular formula is C8H13N. The van der Waals surface area contributed by atoms with Gasteiger partial charge in [0.15, 0.2) is 0 Å². The Morgan fingerprint density at radius 2 is 1.89 bits per heavy atom. The minimum absolute atomic E-state index is 1.09. The van der Waals surface area contributed by atoms with Crippen molar-refractivity contribution < 1.29 is 0 Å². The van der Waals surface area contributed by atoms with Gasteiger partial charge in [-0.15, -0.1) is 0 Å². The van der Waals surface area contributed by atoms with Crippen molar-refractivity contribution in [2.45, 2.75) is 12.8 Å². The van der Waals surface area contributed by atoms with Crippen LogP contribution in [0.4, 0.5) is 0 Å². The molecule has 1 heteroatoms. The molecule has 3 rings (SSSR count). The molecule has 2 saturated carbocycles. The number of hydrogen-bond donors (Lipinski definition) is 1. The summed E-state index contributed by atoms with van der Waals surface area (Å²) in [7, 11) is 0. The van der Waals surface area contributed by atoms with E-state index in [0.29, 0.717) is 0 Å². The number of fused-ring (bicyclic) bond motifs is 3. The molecule has 1 saturated heterocycles. The molecule has 9 heavy (non-hydrogen) atoms. The van der Waals surface area contributed by atoms with Crippen LogP contribution in [0.25, 0.3) is 0 Å². The van der Waals surface area contributed by atoms with E-state index in [1.807, 2.05) is 0 Å². The van der Waals surface area contributed by atoms with Gasteiger partial charge in [0.2, 0.25) is 0 Å². The van der Waals surface area contributed by atoms with Crippen molar-refractivity contribution in [2.75, 3.05) is 13.1 Å². The van der Waals surface area contributed by atoms with E-state index in [0.717, 1.165) is 11.8 Å². The Kier molecular flexibility index (Phi) is 0.704. The van der Waals surface area contributed by atoms with Crippen LogP contribution in [0, 0.1) is 23.7 Å². The second kappa shape index (κ2) is 1.34. The van der Waals surface area contributed by atoms with Gasteiger partial charge in [-0.1, -0.05) is 0 Å². The fourth-order valence-electron chi connectivity index (χ4n) is 2.97. The SMILES string of the molecule is C1NCC2C1CC1CC12. The summed E-state index contributed by atoms with van der Waals surface area (Å²) in [6.45, 7) is 2.67. The molecule has 0 aromatic rings. The summed E-state index contributed by atoms with van der Waals surface area (Å²) < 4.78 is 0. The van der Waals surface area contributed by atoms with Crippen LogP contribution in [0.15, 0.2) is 0 Å². The van der Waals surface area contributed by atoms with Crippen molar-refractivity contribution in [1.29, 1.82) is 0 Å². The Morgan fingerprint density at radius 3 is 2.78 bits per heavy atom. The van der Waals surface area contributed by atoms with Crippen molar-refractivity contribution in [3.8, 4) is 0 Å². The summed E-state index contributed by atoms with van der Waals surface area (Å²) in [6, 6.07) is 0. The molecule has 1 aliphatic heterocycles. The van der Waals surface area contributed by atoms with Gasteiger partial charge in [0.05, 0.1) is 0 Å². The first kappa shape index (κ1) is 4.73. The molecule has 0 radical (unpaired) electrons. The molecule has 0 amide bonds. The normalized spacial score (nSPS) is 61.3. The Balaban J connectivity index is 1.88. The monoisotopic (exact) mass is 123 g/mol. The van der Waals surface area contributed by atoms with Crippen LogP contribution in [0.2, 0.25) is 0 Å². The van der Waals surface area contributed by atoms with Gasteiger partial charge >= 0.3 is 0 Å². The van der Waals surface area contributed by atoms with Gasteiger partial charge in [0.1, 0.15) is 0 Å². The lowest BCUT2D eigenvalue weighted by atomic mass is 9.95. The first-order chi connectivity index (χ1) is 4.45. The molecule has 1 N–H and O–H groups in total. The zero-order valence-electron chi connectivity index (χ0n) is 5.64. The molecule has 50 valence electrons. The summed E-state index contributed by atoms with van der Waals surface area (Å²) >= 11 is 0. The molecule has 0 aromatic carbocycles. The third kappa shape index (κ3) is 0.493. The van der Waals surface area contributed by atoms with E-state index in [-0.39, 0.29) is 0 Å². The van der Waals surface area contributed by atoms with Gasteiger partial charge in [-0.05, 0) is 49.6 Å². The molecule has 0 spiro atoms. The fraction of sp³-hybridized carbons (Fsp3) is 1.00. The smallest absolute Gasteiger partial charge is 0.00145 e. The molecule has 1 heterocycles. The Hall–Kier alpha value is -0.0400. The van der Waals surface area contributed by atoms with Crippen LogP contribution in [0.3, 0.4) is 0 Å². The summed E-state index contributed by atoms with van der Waals surface area (Å²) in [4.78, 5) is 0. The van der Waals surface area contributed by atoms with E-state index >= 15 is 0 Å². The number of hydrogen-bond acceptors (Lipinski definition) is 1. The number of nitrogens with one attached hydrogen (secondary N) is 1. The predicted molar refractivity (Wildman–Crippen MR) is 36.1 cm³/mol. The topological polar surface area (TPSA) is 12.0 Å². The summed E-state index contributed by atoms with van der Waals surface area (Å²) in [6.07, 6.45) is 3.13. The van der Waals surface area contributed by atoms with E-state index in [2.05, 4.69) is 5.32 Å². The molecule has 3 fully saturated rings. The van der Waals surface area contributed by atoms with Crippen LogP contribution < -0.4 is 5.32 Å². The molecule has 0 bridgehead atoms. The molecular weight excluding hydrogens is 110 g/mol. The van der Waals surface area contributed by atoms with E-state index < -0.39 is 0 Å². The quantitative estimate of drug-likeness (QED) is 0.504. The second-order valence-corrected chi connectivity index (χ2v) is 3.98. The minimum atomic E-state index is 1.09. The van der Waals surface area contributed by atoms with Crippen LogP contribution in [0.5, 0.6) is 0 Å². The molecule has 0 aromatic heterocycles. The Labute approximate surface area is 55.8 Å². The maximum absolute atomic E-state index is 3.48. The minimum Gasteiger partial charge on any atom is -0.316 e. The summed E-state index contributed by atoms with van der Waals surface area (Å²) in [5, 5.41) is 3.48. The van der Waals surface area contributed by atoms with Gasteiger partial charge in [0.25, 0.3) is 0 Å². The average Bonchev–Trinajstić information content (AvgIpc) is 2.38. The summed E-state index contributed by atoms with van der Waals surface area (Å²) in [5.74, 6) is 4.55. The maximum Gasteiger partial charge on any atom is -0.00145 e. The standard InChI is InChI=1S/C8H13N/c1-5-2-7(5)8-4-9-3-6(1)8/h5-9H,1-4H2. The molecule has 1 nitrogen and oxygen atoms in total. The first-order valence-corrected chi connectivity index (χ1v) is 4.16. The summed E-state index contributed by atoms with van der Waals surface area (Å²) in [5.41, 5.74) is 0. The van der Waals surface area contributed by atoms with Crippen molar-refractivity contribution >= 4 is 0 Å². The largest absolute Gasteiger partial charge is 0.316 e. The molecule has 3 aliphatic rings. The first-order valence-electron chi connectivity index (χ1n) is 4.16. The van der Waals surface area contributed by atoms with Crippen molar-refractivity contribution in [2.24, 2.45) is 23.7 Å². The molecule has 4 atom stereocenters. The lowest BCUT2D eigenvalue weighted by molar-refractivity contribution is 0.425. The maximum atomic E-state index is 3.48. The highest BCUT2D eigenvalue weighted by molar-refractivity contribution is 5.05. The van der Waals surface area contributed by atoms with Crippen molar-refractivity contribution in [3.63, 3.8) is 0 Å². The van der Waals surface area contributed by atoms with Crippen LogP contribution >= 0.6 is 0 Å².